The van der Waals surface area contributed by atoms with Crippen LogP contribution in [-0.4, -0.2) is 29.8 Å². The van der Waals surface area contributed by atoms with E-state index in [0.717, 1.165) is 31.5 Å². The number of benzene rings is 2. The van der Waals surface area contributed by atoms with Gasteiger partial charge in [-0.05, 0) is 48.7 Å². The number of nitrogens with zero attached hydrogens (tertiary/aromatic N) is 1. The number of likely N-dealkylation sites (tertiary alicyclic amines) is 1. The smallest absolute Gasteiger partial charge is 0.255 e. The van der Waals surface area contributed by atoms with Gasteiger partial charge in [0.25, 0.3) is 5.91 Å². The van der Waals surface area contributed by atoms with Gasteiger partial charge in [0, 0.05) is 24.3 Å². The highest BCUT2D eigenvalue weighted by Crippen LogP contribution is 2.23. The van der Waals surface area contributed by atoms with Gasteiger partial charge in [0.2, 0.25) is 5.91 Å². The molecule has 130 valence electrons. The van der Waals surface area contributed by atoms with E-state index in [0.29, 0.717) is 27.7 Å². The van der Waals surface area contributed by atoms with Crippen molar-refractivity contribution in [1.82, 2.24) is 4.90 Å². The molecule has 2 amide bonds. The zero-order valence-corrected chi connectivity index (χ0v) is 15.1. The number of rotatable bonds is 4. The van der Waals surface area contributed by atoms with Crippen LogP contribution in [0.3, 0.4) is 0 Å². The fourth-order valence-electron chi connectivity index (χ4n) is 2.80. The van der Waals surface area contributed by atoms with Crippen LogP contribution >= 0.6 is 23.2 Å². The predicted molar refractivity (Wildman–Crippen MR) is 100 cm³/mol. The summed E-state index contributed by atoms with van der Waals surface area (Å²) in [5, 5.41) is 3.55. The van der Waals surface area contributed by atoms with Crippen LogP contribution in [0.2, 0.25) is 10.0 Å². The van der Waals surface area contributed by atoms with E-state index in [2.05, 4.69) is 5.32 Å². The van der Waals surface area contributed by atoms with Crippen LogP contribution in [0.25, 0.3) is 0 Å². The number of amides is 2. The molecule has 1 N–H and O–H groups in total. The first kappa shape index (κ1) is 17.8. The van der Waals surface area contributed by atoms with Gasteiger partial charge in [0.05, 0.1) is 16.5 Å². The van der Waals surface area contributed by atoms with E-state index in [1.165, 1.54) is 6.07 Å². The van der Waals surface area contributed by atoms with E-state index in [1.54, 1.807) is 24.3 Å². The molecule has 4 nitrogen and oxygen atoms in total. The second kappa shape index (κ2) is 7.89. The van der Waals surface area contributed by atoms with Crippen LogP contribution in [0.4, 0.5) is 5.69 Å². The Hall–Kier alpha value is -2.04. The molecule has 0 spiro atoms. The minimum Gasteiger partial charge on any atom is -0.342 e. The fourth-order valence-corrected chi connectivity index (χ4v) is 3.10. The Labute approximate surface area is 156 Å². The highest BCUT2D eigenvalue weighted by atomic mass is 35.5. The van der Waals surface area contributed by atoms with Gasteiger partial charge in [-0.25, -0.2) is 0 Å². The Morgan fingerprint density at radius 2 is 1.64 bits per heavy atom. The molecule has 1 fully saturated rings. The lowest BCUT2D eigenvalue weighted by Gasteiger charge is -2.15. The Kier molecular flexibility index (Phi) is 5.61. The van der Waals surface area contributed by atoms with Crippen LogP contribution in [0.1, 0.15) is 28.8 Å². The molecule has 0 aromatic heterocycles. The van der Waals surface area contributed by atoms with E-state index >= 15 is 0 Å². The quantitative estimate of drug-likeness (QED) is 0.858. The third-order valence-corrected chi connectivity index (χ3v) is 4.95. The largest absolute Gasteiger partial charge is 0.342 e. The summed E-state index contributed by atoms with van der Waals surface area (Å²) in [5.41, 5.74) is 2.03. The van der Waals surface area contributed by atoms with Gasteiger partial charge in [-0.3, -0.25) is 9.59 Å². The lowest BCUT2D eigenvalue weighted by Crippen LogP contribution is -2.29. The van der Waals surface area contributed by atoms with E-state index in [9.17, 15) is 9.59 Å². The number of nitrogens with one attached hydrogen (secondary N) is 1. The van der Waals surface area contributed by atoms with Gasteiger partial charge in [-0.15, -0.1) is 0 Å². The molecule has 0 bridgehead atoms. The maximum absolute atomic E-state index is 12.2. The standard InChI is InChI=1S/C19H18Cl2N2O2/c20-16-8-5-14(12-17(16)21)19(25)22-15-6-3-13(4-7-15)11-18(24)23-9-1-2-10-23/h3-8,12H,1-2,9-11H2,(H,22,25). The Balaban J connectivity index is 1.61. The van der Waals surface area contributed by atoms with Crippen LogP contribution in [0.15, 0.2) is 42.5 Å². The zero-order valence-electron chi connectivity index (χ0n) is 13.6. The summed E-state index contributed by atoms with van der Waals surface area (Å²) in [6.07, 6.45) is 2.57. The lowest BCUT2D eigenvalue weighted by atomic mass is 10.1. The Morgan fingerprint density at radius 1 is 0.960 bits per heavy atom. The summed E-state index contributed by atoms with van der Waals surface area (Å²) in [7, 11) is 0. The number of halogens is 2. The minimum absolute atomic E-state index is 0.157. The summed E-state index contributed by atoms with van der Waals surface area (Å²) in [4.78, 5) is 26.3. The molecule has 0 aliphatic carbocycles. The summed E-state index contributed by atoms with van der Waals surface area (Å²) >= 11 is 11.8. The number of carbonyl (C=O) groups is 2. The van der Waals surface area contributed by atoms with Gasteiger partial charge < -0.3 is 10.2 Å². The zero-order chi connectivity index (χ0) is 17.8. The highest BCUT2D eigenvalue weighted by molar-refractivity contribution is 6.42. The lowest BCUT2D eigenvalue weighted by molar-refractivity contribution is -0.129. The monoisotopic (exact) mass is 376 g/mol. The van der Waals surface area contributed by atoms with Crippen molar-refractivity contribution < 1.29 is 9.59 Å². The molecule has 6 heteroatoms. The highest BCUT2D eigenvalue weighted by Gasteiger charge is 2.17. The number of carbonyl (C=O) groups excluding carboxylic acids is 2. The molecule has 2 aromatic carbocycles. The molecule has 2 aromatic rings. The molecule has 1 saturated heterocycles. The second-order valence-corrected chi connectivity index (χ2v) is 6.86. The third-order valence-electron chi connectivity index (χ3n) is 4.21. The average molecular weight is 377 g/mol. The van der Waals surface area contributed by atoms with Crippen LogP contribution in [-0.2, 0) is 11.2 Å². The molecule has 1 aliphatic rings. The summed E-state index contributed by atoms with van der Waals surface area (Å²) in [6, 6.07) is 12.0. The molecule has 25 heavy (non-hydrogen) atoms. The maximum Gasteiger partial charge on any atom is 0.255 e. The van der Waals surface area contributed by atoms with Gasteiger partial charge >= 0.3 is 0 Å². The SMILES string of the molecule is O=C(Nc1ccc(CC(=O)N2CCCC2)cc1)c1ccc(Cl)c(Cl)c1. The number of hydrogen-bond acceptors (Lipinski definition) is 2. The first-order valence-electron chi connectivity index (χ1n) is 8.16. The van der Waals surface area contributed by atoms with Gasteiger partial charge in [-0.1, -0.05) is 35.3 Å². The summed E-state index contributed by atoms with van der Waals surface area (Å²) in [6.45, 7) is 1.72. The Morgan fingerprint density at radius 3 is 2.28 bits per heavy atom. The average Bonchev–Trinajstić information content (AvgIpc) is 3.14. The predicted octanol–water partition coefficient (Wildman–Crippen LogP) is 4.41. The molecule has 3 rings (SSSR count). The van der Waals surface area contributed by atoms with Gasteiger partial charge in [-0.2, -0.15) is 0 Å². The molecule has 0 atom stereocenters. The molecular formula is C19H18Cl2N2O2. The van der Waals surface area contributed by atoms with Crippen molar-refractivity contribution in [1.29, 1.82) is 0 Å². The molecule has 0 radical (unpaired) electrons. The summed E-state index contributed by atoms with van der Waals surface area (Å²) in [5.74, 6) is -0.107. The molecule has 1 heterocycles. The van der Waals surface area contributed by atoms with Crippen molar-refractivity contribution in [2.24, 2.45) is 0 Å². The molecule has 0 saturated carbocycles. The first-order chi connectivity index (χ1) is 12.0. The van der Waals surface area contributed by atoms with Crippen molar-refractivity contribution in [3.8, 4) is 0 Å². The van der Waals surface area contributed by atoms with Gasteiger partial charge in [0.1, 0.15) is 0 Å². The first-order valence-corrected chi connectivity index (χ1v) is 8.91. The summed E-state index contributed by atoms with van der Waals surface area (Å²) < 4.78 is 0. The maximum atomic E-state index is 12.2. The van der Waals surface area contributed by atoms with Crippen molar-refractivity contribution >= 4 is 40.7 Å². The normalized spacial score (nSPS) is 13.8. The van der Waals surface area contributed by atoms with E-state index in [-0.39, 0.29) is 11.8 Å². The van der Waals surface area contributed by atoms with Crippen molar-refractivity contribution in [2.75, 3.05) is 18.4 Å². The molecule has 1 aliphatic heterocycles. The topological polar surface area (TPSA) is 49.4 Å². The van der Waals surface area contributed by atoms with Crippen molar-refractivity contribution in [3.63, 3.8) is 0 Å². The van der Waals surface area contributed by atoms with Crippen LogP contribution < -0.4 is 5.32 Å². The molecular weight excluding hydrogens is 359 g/mol. The minimum atomic E-state index is -0.264. The van der Waals surface area contributed by atoms with E-state index in [1.807, 2.05) is 17.0 Å². The van der Waals surface area contributed by atoms with Gasteiger partial charge in [0.15, 0.2) is 0 Å². The third kappa shape index (κ3) is 4.53. The van der Waals surface area contributed by atoms with E-state index in [4.69, 9.17) is 23.2 Å². The van der Waals surface area contributed by atoms with Crippen molar-refractivity contribution in [3.05, 3.63) is 63.6 Å². The number of anilines is 1. The second-order valence-electron chi connectivity index (χ2n) is 6.04. The van der Waals surface area contributed by atoms with E-state index < -0.39 is 0 Å². The van der Waals surface area contributed by atoms with Crippen LogP contribution in [0, 0.1) is 0 Å². The molecule has 0 unspecified atom stereocenters. The van der Waals surface area contributed by atoms with Crippen molar-refractivity contribution in [2.45, 2.75) is 19.3 Å². The number of hydrogen-bond donors (Lipinski definition) is 1. The Bertz CT molecular complexity index is 785. The van der Waals surface area contributed by atoms with Crippen LogP contribution in [0.5, 0.6) is 0 Å². The fraction of sp³-hybridized carbons (Fsp3) is 0.263.